The van der Waals surface area contributed by atoms with Crippen LogP contribution in [0.4, 0.5) is 0 Å². The molecular formula is C20H25N3O4S2. The van der Waals surface area contributed by atoms with Gasteiger partial charge in [-0.2, -0.15) is 0 Å². The second-order valence-electron chi connectivity index (χ2n) is 7.05. The van der Waals surface area contributed by atoms with Crippen molar-refractivity contribution in [3.63, 3.8) is 0 Å². The highest BCUT2D eigenvalue weighted by Crippen LogP contribution is 2.27. The van der Waals surface area contributed by atoms with Gasteiger partial charge in [0.25, 0.3) is 5.22 Å². The zero-order valence-electron chi connectivity index (χ0n) is 17.2. The molecule has 0 amide bonds. The smallest absolute Gasteiger partial charge is 0.257 e. The largest absolute Gasteiger partial charge is 0.431 e. The van der Waals surface area contributed by atoms with Crippen LogP contribution in [0.1, 0.15) is 35.1 Å². The third-order valence-corrected chi connectivity index (χ3v) is 7.41. The molecule has 3 rings (SSSR count). The van der Waals surface area contributed by atoms with Gasteiger partial charge in [0.2, 0.25) is 10.0 Å². The number of rotatable bonds is 8. The Labute approximate surface area is 175 Å². The Balaban J connectivity index is 1.77. The minimum atomic E-state index is -3.54. The van der Waals surface area contributed by atoms with Crippen molar-refractivity contribution in [2.24, 2.45) is 0 Å². The molecule has 9 heteroatoms. The fourth-order valence-electron chi connectivity index (χ4n) is 3.18. The quantitative estimate of drug-likeness (QED) is 0.394. The van der Waals surface area contributed by atoms with E-state index in [9.17, 15) is 13.2 Å². The molecule has 0 radical (unpaired) electrons. The molecule has 0 fully saturated rings. The molecule has 0 aliphatic rings. The summed E-state index contributed by atoms with van der Waals surface area (Å²) in [6.07, 6.45) is 1.01. The van der Waals surface area contributed by atoms with E-state index in [2.05, 4.69) is 16.5 Å². The zero-order valence-corrected chi connectivity index (χ0v) is 18.9. The maximum absolute atomic E-state index is 12.7. The molecular weight excluding hydrogens is 410 g/mol. The summed E-state index contributed by atoms with van der Waals surface area (Å²) >= 11 is 1.21. The van der Waals surface area contributed by atoms with Crippen LogP contribution in [-0.4, -0.2) is 47.9 Å². The topological polar surface area (TPSA) is 85.4 Å². The summed E-state index contributed by atoms with van der Waals surface area (Å²) in [5.74, 6) is 0.218. The number of benzene rings is 1. The van der Waals surface area contributed by atoms with Gasteiger partial charge in [-0.25, -0.2) is 17.7 Å². The number of hydrogen-bond acceptors (Lipinski definition) is 6. The number of aryl methyl sites for hydroxylation is 1. The summed E-state index contributed by atoms with van der Waals surface area (Å²) in [4.78, 5) is 17.2. The third kappa shape index (κ3) is 4.26. The van der Waals surface area contributed by atoms with Crippen LogP contribution in [0.3, 0.4) is 0 Å². The molecule has 1 aromatic carbocycles. The van der Waals surface area contributed by atoms with Gasteiger partial charge in [0, 0.05) is 37.6 Å². The van der Waals surface area contributed by atoms with Crippen molar-refractivity contribution < 1.29 is 17.6 Å². The van der Waals surface area contributed by atoms with Crippen molar-refractivity contribution in [2.45, 2.75) is 43.9 Å². The van der Waals surface area contributed by atoms with E-state index < -0.39 is 10.0 Å². The maximum atomic E-state index is 12.7. The van der Waals surface area contributed by atoms with E-state index in [1.165, 1.54) is 38.0 Å². The van der Waals surface area contributed by atoms with Crippen LogP contribution >= 0.6 is 11.8 Å². The standard InChI is InChI=1S/C20H25N3O4S2/c1-6-9-23-13(2)10-16(14(23)3)18(24)12-28-20-21-17-11-15(7-8-19(17)27-20)29(25,26)22(4)5/h7-8,10-11H,6,9,12H2,1-5H3. The van der Waals surface area contributed by atoms with Gasteiger partial charge in [-0.15, -0.1) is 0 Å². The van der Waals surface area contributed by atoms with Gasteiger partial charge >= 0.3 is 0 Å². The molecule has 0 saturated heterocycles. The molecule has 0 aliphatic carbocycles. The molecule has 2 heterocycles. The van der Waals surface area contributed by atoms with Gasteiger partial charge in [0.05, 0.1) is 10.6 Å². The summed E-state index contributed by atoms with van der Waals surface area (Å²) in [5.41, 5.74) is 3.71. The molecule has 29 heavy (non-hydrogen) atoms. The van der Waals surface area contributed by atoms with Crippen LogP contribution in [0.5, 0.6) is 0 Å². The summed E-state index contributed by atoms with van der Waals surface area (Å²) in [7, 11) is -0.586. The van der Waals surface area contributed by atoms with Crippen LogP contribution in [0, 0.1) is 13.8 Å². The lowest BCUT2D eigenvalue weighted by Gasteiger charge is -2.10. The first-order chi connectivity index (χ1) is 13.6. The molecule has 0 atom stereocenters. The van der Waals surface area contributed by atoms with E-state index in [-0.39, 0.29) is 16.4 Å². The minimum Gasteiger partial charge on any atom is -0.431 e. The highest BCUT2D eigenvalue weighted by atomic mass is 32.2. The van der Waals surface area contributed by atoms with Crippen molar-refractivity contribution >= 4 is 38.7 Å². The molecule has 0 spiro atoms. The number of Topliss-reactive ketones (excluding diaryl/α,β-unsaturated/α-hetero) is 1. The number of fused-ring (bicyclic) bond motifs is 1. The molecule has 2 aromatic heterocycles. The molecule has 0 aliphatic heterocycles. The number of oxazole rings is 1. The highest BCUT2D eigenvalue weighted by molar-refractivity contribution is 7.99. The Morgan fingerprint density at radius 3 is 2.62 bits per heavy atom. The fraction of sp³-hybridized carbons (Fsp3) is 0.400. The van der Waals surface area contributed by atoms with Gasteiger partial charge < -0.3 is 8.98 Å². The van der Waals surface area contributed by atoms with Crippen LogP contribution in [-0.2, 0) is 16.6 Å². The van der Waals surface area contributed by atoms with Crippen molar-refractivity contribution in [1.82, 2.24) is 13.9 Å². The normalized spacial score (nSPS) is 12.2. The number of nitrogens with zero attached hydrogens (tertiary/aromatic N) is 3. The average molecular weight is 436 g/mol. The number of carbonyl (C=O) groups excluding carboxylic acids is 1. The van der Waals surface area contributed by atoms with Crippen LogP contribution in [0.25, 0.3) is 11.1 Å². The second kappa shape index (κ2) is 8.33. The van der Waals surface area contributed by atoms with Crippen LogP contribution in [0.15, 0.2) is 38.8 Å². The number of ketones is 1. The first-order valence-corrected chi connectivity index (χ1v) is 11.7. The molecule has 0 saturated carbocycles. The molecule has 0 unspecified atom stereocenters. The van der Waals surface area contributed by atoms with E-state index in [1.54, 1.807) is 6.07 Å². The minimum absolute atomic E-state index is 0.0172. The van der Waals surface area contributed by atoms with E-state index >= 15 is 0 Å². The predicted octanol–water partition coefficient (Wildman–Crippen LogP) is 3.88. The number of carbonyl (C=O) groups is 1. The Bertz CT molecular complexity index is 1160. The monoisotopic (exact) mass is 435 g/mol. The van der Waals surface area contributed by atoms with Gasteiger partial charge in [-0.1, -0.05) is 18.7 Å². The van der Waals surface area contributed by atoms with Gasteiger partial charge in [-0.3, -0.25) is 4.79 Å². The van der Waals surface area contributed by atoms with E-state index in [0.717, 1.165) is 34.2 Å². The van der Waals surface area contributed by atoms with E-state index in [1.807, 2.05) is 19.9 Å². The summed E-state index contributed by atoms with van der Waals surface area (Å²) in [5, 5.41) is 0.343. The number of thioether (sulfide) groups is 1. The van der Waals surface area contributed by atoms with E-state index in [4.69, 9.17) is 4.42 Å². The van der Waals surface area contributed by atoms with Crippen LogP contribution in [0.2, 0.25) is 0 Å². The summed E-state index contributed by atoms with van der Waals surface area (Å²) < 4.78 is 33.5. The van der Waals surface area contributed by atoms with Crippen molar-refractivity contribution in [3.8, 4) is 0 Å². The molecule has 3 aromatic rings. The predicted molar refractivity (Wildman–Crippen MR) is 114 cm³/mol. The maximum Gasteiger partial charge on any atom is 0.257 e. The Kier molecular flexibility index (Phi) is 6.21. The molecule has 7 nitrogen and oxygen atoms in total. The fourth-order valence-corrected chi connectivity index (χ4v) is 4.82. The number of sulfonamides is 1. The average Bonchev–Trinajstić information content (AvgIpc) is 3.21. The van der Waals surface area contributed by atoms with Gasteiger partial charge in [0.15, 0.2) is 11.4 Å². The first-order valence-electron chi connectivity index (χ1n) is 9.31. The lowest BCUT2D eigenvalue weighted by atomic mass is 10.2. The lowest BCUT2D eigenvalue weighted by Crippen LogP contribution is -2.22. The SMILES string of the molecule is CCCn1c(C)cc(C(=O)CSc2nc3cc(S(=O)(=O)N(C)C)ccc3o2)c1C. The van der Waals surface area contributed by atoms with Crippen molar-refractivity contribution in [1.29, 1.82) is 0 Å². The Morgan fingerprint density at radius 2 is 1.97 bits per heavy atom. The zero-order chi connectivity index (χ0) is 21.3. The van der Waals surface area contributed by atoms with Crippen molar-refractivity contribution in [3.05, 3.63) is 41.2 Å². The molecule has 0 N–H and O–H groups in total. The molecule has 156 valence electrons. The summed E-state index contributed by atoms with van der Waals surface area (Å²) in [6, 6.07) is 6.49. The van der Waals surface area contributed by atoms with Gasteiger partial charge in [-0.05, 0) is 44.5 Å². The highest BCUT2D eigenvalue weighted by Gasteiger charge is 2.20. The Hall–Kier alpha value is -2.10. The first kappa shape index (κ1) is 21.6. The van der Waals surface area contributed by atoms with Gasteiger partial charge in [0.1, 0.15) is 5.52 Å². The second-order valence-corrected chi connectivity index (χ2v) is 10.1. The van der Waals surface area contributed by atoms with Crippen molar-refractivity contribution in [2.75, 3.05) is 19.8 Å². The lowest BCUT2D eigenvalue weighted by molar-refractivity contribution is 0.102. The Morgan fingerprint density at radius 1 is 1.24 bits per heavy atom. The summed E-state index contributed by atoms with van der Waals surface area (Å²) in [6.45, 7) is 6.97. The number of aromatic nitrogens is 2. The number of hydrogen-bond donors (Lipinski definition) is 0. The van der Waals surface area contributed by atoms with Crippen LogP contribution < -0.4 is 0 Å². The molecule has 0 bridgehead atoms. The third-order valence-electron chi connectivity index (χ3n) is 4.77. The van der Waals surface area contributed by atoms with E-state index in [0.29, 0.717) is 16.3 Å².